The van der Waals surface area contributed by atoms with Crippen LogP contribution in [0, 0.1) is 6.92 Å². The molecule has 1 heterocycles. The molecular formula is C22H23BrN4O4. The first-order valence-corrected chi connectivity index (χ1v) is 10.4. The lowest BCUT2D eigenvalue weighted by Gasteiger charge is -2.23. The summed E-state index contributed by atoms with van der Waals surface area (Å²) < 4.78 is 0.766. The number of hydrogen-bond donors (Lipinski definition) is 2. The van der Waals surface area contributed by atoms with Gasteiger partial charge in [0.2, 0.25) is 11.8 Å². The summed E-state index contributed by atoms with van der Waals surface area (Å²) in [6.45, 7) is 2.87. The molecule has 0 saturated carbocycles. The van der Waals surface area contributed by atoms with E-state index in [-0.39, 0.29) is 12.5 Å². The number of carbonyl (C=O) groups is 4. The fraction of sp³-hybridized carbons (Fsp3) is 0.273. The first-order valence-electron chi connectivity index (χ1n) is 9.61. The van der Waals surface area contributed by atoms with Gasteiger partial charge in [-0.15, -0.1) is 0 Å². The lowest BCUT2D eigenvalue weighted by atomic mass is 9.92. The second-order valence-electron chi connectivity index (χ2n) is 7.62. The Morgan fingerprint density at radius 2 is 1.84 bits per heavy atom. The number of carbonyl (C=O) groups excluding carboxylic acids is 4. The number of aryl methyl sites for hydroxylation is 1. The summed E-state index contributed by atoms with van der Waals surface area (Å²) >= 11 is 3.36. The van der Waals surface area contributed by atoms with Crippen LogP contribution in [-0.2, 0) is 19.9 Å². The van der Waals surface area contributed by atoms with Crippen LogP contribution >= 0.6 is 15.9 Å². The van der Waals surface area contributed by atoms with Crippen LogP contribution in [0.5, 0.6) is 0 Å². The third-order valence-corrected chi connectivity index (χ3v) is 5.61. The van der Waals surface area contributed by atoms with E-state index in [1.807, 2.05) is 25.1 Å². The molecule has 2 aromatic rings. The average Bonchev–Trinajstić information content (AvgIpc) is 2.93. The summed E-state index contributed by atoms with van der Waals surface area (Å²) in [4.78, 5) is 52.3. The van der Waals surface area contributed by atoms with Gasteiger partial charge >= 0.3 is 6.03 Å². The van der Waals surface area contributed by atoms with E-state index in [9.17, 15) is 19.2 Å². The summed E-state index contributed by atoms with van der Waals surface area (Å²) in [5.74, 6) is -1.43. The molecule has 1 aliphatic heterocycles. The Morgan fingerprint density at radius 1 is 1.16 bits per heavy atom. The van der Waals surface area contributed by atoms with Crippen LogP contribution in [0.4, 0.5) is 10.5 Å². The standard InChI is InChI=1S/C22H23BrN4O4/c1-14-7-9-17(10-8-14)24-18(28)12-26(3)19(29)13-27-20(30)22(2,25-21(27)31)15-5-4-6-16(23)11-15/h4-11H,12-13H2,1-3H3,(H,24,28)(H,25,31). The highest BCUT2D eigenvalue weighted by Gasteiger charge is 2.49. The van der Waals surface area contributed by atoms with Gasteiger partial charge in [0, 0.05) is 17.2 Å². The Kier molecular flexibility index (Phi) is 6.45. The number of rotatable bonds is 6. The Hall–Kier alpha value is -3.20. The minimum Gasteiger partial charge on any atom is -0.335 e. The largest absolute Gasteiger partial charge is 0.335 e. The second kappa shape index (κ2) is 8.89. The number of urea groups is 1. The van der Waals surface area contributed by atoms with Crippen molar-refractivity contribution < 1.29 is 19.2 Å². The number of imide groups is 1. The maximum atomic E-state index is 13.0. The topological polar surface area (TPSA) is 98.8 Å². The summed E-state index contributed by atoms with van der Waals surface area (Å²) in [7, 11) is 1.45. The Labute approximate surface area is 188 Å². The highest BCUT2D eigenvalue weighted by Crippen LogP contribution is 2.30. The predicted octanol–water partition coefficient (Wildman–Crippen LogP) is 2.62. The lowest BCUT2D eigenvalue weighted by Crippen LogP contribution is -2.45. The van der Waals surface area contributed by atoms with Crippen LogP contribution in [0.1, 0.15) is 18.1 Å². The molecule has 8 nitrogen and oxygen atoms in total. The lowest BCUT2D eigenvalue weighted by molar-refractivity contribution is -0.139. The molecule has 0 bridgehead atoms. The number of hydrogen-bond acceptors (Lipinski definition) is 4. The van der Waals surface area contributed by atoms with E-state index in [0.717, 1.165) is 14.9 Å². The van der Waals surface area contributed by atoms with Crippen molar-refractivity contribution in [3.8, 4) is 0 Å². The predicted molar refractivity (Wildman–Crippen MR) is 119 cm³/mol. The molecule has 0 spiro atoms. The third-order valence-electron chi connectivity index (χ3n) is 5.11. The summed E-state index contributed by atoms with van der Waals surface area (Å²) in [6.07, 6.45) is 0. The van der Waals surface area contributed by atoms with Crippen molar-refractivity contribution in [2.75, 3.05) is 25.5 Å². The normalized spacial score (nSPS) is 18.0. The van der Waals surface area contributed by atoms with Gasteiger partial charge in [-0.05, 0) is 43.7 Å². The van der Waals surface area contributed by atoms with Crippen molar-refractivity contribution in [1.82, 2.24) is 15.1 Å². The molecule has 1 aliphatic rings. The van der Waals surface area contributed by atoms with E-state index in [0.29, 0.717) is 11.3 Å². The Balaban J connectivity index is 1.62. The number of anilines is 1. The third kappa shape index (κ3) is 4.93. The number of benzene rings is 2. The first kappa shape index (κ1) is 22.5. The minimum absolute atomic E-state index is 0.209. The van der Waals surface area contributed by atoms with Crippen LogP contribution in [-0.4, -0.2) is 53.7 Å². The van der Waals surface area contributed by atoms with Crippen LogP contribution in [0.25, 0.3) is 0 Å². The molecule has 0 aliphatic carbocycles. The second-order valence-corrected chi connectivity index (χ2v) is 8.54. The maximum Gasteiger partial charge on any atom is 0.325 e. The van der Waals surface area contributed by atoms with E-state index in [1.165, 1.54) is 11.9 Å². The van der Waals surface area contributed by atoms with E-state index < -0.39 is 29.9 Å². The van der Waals surface area contributed by atoms with Crippen molar-refractivity contribution in [2.45, 2.75) is 19.4 Å². The fourth-order valence-corrected chi connectivity index (χ4v) is 3.63. The zero-order valence-corrected chi connectivity index (χ0v) is 19.0. The quantitative estimate of drug-likeness (QED) is 0.613. The van der Waals surface area contributed by atoms with Crippen LogP contribution in [0.3, 0.4) is 0 Å². The van der Waals surface area contributed by atoms with Gasteiger partial charge in [-0.2, -0.15) is 0 Å². The molecule has 1 saturated heterocycles. The van der Waals surface area contributed by atoms with E-state index in [2.05, 4.69) is 26.6 Å². The molecular weight excluding hydrogens is 464 g/mol. The van der Waals surface area contributed by atoms with Crippen molar-refractivity contribution in [2.24, 2.45) is 0 Å². The minimum atomic E-state index is -1.28. The molecule has 2 aromatic carbocycles. The van der Waals surface area contributed by atoms with Gasteiger partial charge < -0.3 is 15.5 Å². The number of amides is 5. The van der Waals surface area contributed by atoms with Crippen molar-refractivity contribution >= 4 is 45.4 Å². The van der Waals surface area contributed by atoms with Gasteiger partial charge in [0.05, 0.1) is 6.54 Å². The van der Waals surface area contributed by atoms with Gasteiger partial charge in [-0.3, -0.25) is 19.3 Å². The molecule has 5 amide bonds. The van der Waals surface area contributed by atoms with E-state index >= 15 is 0 Å². The molecule has 9 heteroatoms. The van der Waals surface area contributed by atoms with Gasteiger partial charge in [0.25, 0.3) is 5.91 Å². The van der Waals surface area contributed by atoms with Crippen molar-refractivity contribution in [1.29, 1.82) is 0 Å². The number of halogens is 1. The van der Waals surface area contributed by atoms with Crippen molar-refractivity contribution in [3.63, 3.8) is 0 Å². The number of likely N-dealkylation sites (N-methyl/N-ethyl adjacent to an activating group) is 1. The monoisotopic (exact) mass is 486 g/mol. The van der Waals surface area contributed by atoms with Crippen LogP contribution in [0.15, 0.2) is 53.0 Å². The number of nitrogens with one attached hydrogen (secondary N) is 2. The molecule has 3 rings (SSSR count). The van der Waals surface area contributed by atoms with Gasteiger partial charge in [-0.1, -0.05) is 45.8 Å². The zero-order chi connectivity index (χ0) is 22.8. The SMILES string of the molecule is Cc1ccc(NC(=O)CN(C)C(=O)CN2C(=O)NC(C)(c3cccc(Br)c3)C2=O)cc1. The van der Waals surface area contributed by atoms with Crippen LogP contribution in [0.2, 0.25) is 0 Å². The fourth-order valence-electron chi connectivity index (χ4n) is 3.23. The zero-order valence-electron chi connectivity index (χ0n) is 17.4. The maximum absolute atomic E-state index is 13.0. The van der Waals surface area contributed by atoms with Crippen LogP contribution < -0.4 is 10.6 Å². The van der Waals surface area contributed by atoms with Gasteiger partial charge in [0.1, 0.15) is 12.1 Å². The molecule has 1 unspecified atom stereocenters. The summed E-state index contributed by atoms with van der Waals surface area (Å²) in [6, 6.07) is 13.7. The molecule has 0 aromatic heterocycles. The highest BCUT2D eigenvalue weighted by molar-refractivity contribution is 9.10. The van der Waals surface area contributed by atoms with E-state index in [4.69, 9.17) is 0 Å². The highest BCUT2D eigenvalue weighted by atomic mass is 79.9. The van der Waals surface area contributed by atoms with Gasteiger partial charge in [-0.25, -0.2) is 4.79 Å². The number of nitrogens with zero attached hydrogens (tertiary/aromatic N) is 2. The molecule has 31 heavy (non-hydrogen) atoms. The molecule has 1 atom stereocenters. The van der Waals surface area contributed by atoms with Gasteiger partial charge in [0.15, 0.2) is 0 Å². The smallest absolute Gasteiger partial charge is 0.325 e. The summed E-state index contributed by atoms with van der Waals surface area (Å²) in [5.41, 5.74) is 1.01. The first-order chi connectivity index (χ1) is 14.6. The Bertz CT molecular complexity index is 1040. The summed E-state index contributed by atoms with van der Waals surface area (Å²) in [5, 5.41) is 5.37. The molecule has 1 fully saturated rings. The molecule has 0 radical (unpaired) electrons. The van der Waals surface area contributed by atoms with Crippen molar-refractivity contribution in [3.05, 3.63) is 64.1 Å². The average molecular weight is 487 g/mol. The van der Waals surface area contributed by atoms with E-state index in [1.54, 1.807) is 37.3 Å². The molecule has 162 valence electrons. The molecule has 2 N–H and O–H groups in total. The Morgan fingerprint density at radius 3 is 2.48 bits per heavy atom.